The Morgan fingerprint density at radius 2 is 1.43 bits per heavy atom. The van der Waals surface area contributed by atoms with Gasteiger partial charge in [0.15, 0.2) is 0 Å². The van der Waals surface area contributed by atoms with Crippen molar-refractivity contribution in [2.75, 3.05) is 36.0 Å². The summed E-state index contributed by atoms with van der Waals surface area (Å²) in [7, 11) is 0. The minimum atomic E-state index is -4.84. The second-order valence-electron chi connectivity index (χ2n) is 16.7. The molecule has 2 aromatic rings. The number of aromatic nitrogens is 2. The average Bonchev–Trinajstić information content (AvgIpc) is 3.07. The molecule has 0 saturated carbocycles. The van der Waals surface area contributed by atoms with Crippen molar-refractivity contribution in [1.29, 1.82) is 0 Å². The monoisotopic (exact) mass is 828 g/mol. The highest BCUT2D eigenvalue weighted by atomic mass is 19.4. The quantitative estimate of drug-likeness (QED) is 0.146. The van der Waals surface area contributed by atoms with Crippen molar-refractivity contribution in [3.63, 3.8) is 0 Å². The molecule has 2 aliphatic rings. The van der Waals surface area contributed by atoms with Crippen LogP contribution in [-0.2, 0) is 47.4 Å². The predicted molar refractivity (Wildman–Crippen MR) is 203 cm³/mol. The molecule has 12 nitrogen and oxygen atoms in total. The van der Waals surface area contributed by atoms with E-state index < -0.39 is 64.9 Å². The lowest BCUT2D eigenvalue weighted by Gasteiger charge is -2.41. The molecule has 2 atom stereocenters. The topological polar surface area (TPSA) is 143 Å². The van der Waals surface area contributed by atoms with Gasteiger partial charge in [0.05, 0.1) is 5.56 Å². The van der Waals surface area contributed by atoms with Crippen molar-refractivity contribution in [2.24, 2.45) is 5.92 Å². The van der Waals surface area contributed by atoms with Gasteiger partial charge >= 0.3 is 24.3 Å². The van der Waals surface area contributed by atoms with Crippen molar-refractivity contribution >= 4 is 35.4 Å². The Hall–Kier alpha value is -4.64. The summed E-state index contributed by atoms with van der Waals surface area (Å²) in [4.78, 5) is 61.9. The molecule has 2 saturated heterocycles. The zero-order valence-corrected chi connectivity index (χ0v) is 33.8. The smallest absolute Gasteiger partial charge is 0.451 e. The average molecular weight is 829 g/mol. The number of benzene rings is 1. The molecule has 0 bridgehead atoms. The van der Waals surface area contributed by atoms with E-state index in [0.29, 0.717) is 57.3 Å². The van der Waals surface area contributed by atoms with Crippen LogP contribution in [0.4, 0.5) is 38.0 Å². The number of carbonyl (C=O) groups excluding carboxylic acids is 4. The van der Waals surface area contributed by atoms with Gasteiger partial charge in [-0.15, -0.1) is 0 Å². The van der Waals surface area contributed by atoms with Crippen LogP contribution in [0.2, 0.25) is 0 Å². The standard InChI is InChI=1S/C40H54F6N6O6/c1-37(2,3)57-33(54)15-14-28(35(56)58-38(4,5)6)48-32(53)9-7-8-25-17-21-51(22-18-25)30-24-31(50-36(49-30)40(44,45)46)52-23-19-29(52)34(55)47-20-16-26-10-12-27(13-11-26)39(41,42)43/h10-13,24-25,28-29H,7-9,14-23H2,1-6H3,(H,47,55)(H,48,53)/t28?,29-/m0/s1. The van der Waals surface area contributed by atoms with Crippen molar-refractivity contribution in [3.05, 3.63) is 47.3 Å². The lowest BCUT2D eigenvalue weighted by atomic mass is 9.91. The summed E-state index contributed by atoms with van der Waals surface area (Å²) < 4.78 is 91.3. The first-order valence-electron chi connectivity index (χ1n) is 19.5. The third kappa shape index (κ3) is 14.3. The van der Waals surface area contributed by atoms with E-state index >= 15 is 0 Å². The van der Waals surface area contributed by atoms with Crippen molar-refractivity contribution in [1.82, 2.24) is 20.6 Å². The van der Waals surface area contributed by atoms with Gasteiger partial charge in [-0.3, -0.25) is 14.4 Å². The molecule has 2 N–H and O–H groups in total. The van der Waals surface area contributed by atoms with Gasteiger partial charge in [-0.25, -0.2) is 14.8 Å². The first-order valence-corrected chi connectivity index (χ1v) is 19.5. The van der Waals surface area contributed by atoms with E-state index in [1.54, 1.807) is 46.4 Å². The molecule has 1 aromatic carbocycles. The largest absolute Gasteiger partial charge is 0.460 e. The van der Waals surface area contributed by atoms with Gasteiger partial charge in [0, 0.05) is 45.1 Å². The highest BCUT2D eigenvalue weighted by Crippen LogP contribution is 2.35. The van der Waals surface area contributed by atoms with Crippen molar-refractivity contribution in [2.45, 2.75) is 135 Å². The number of hydrogen-bond acceptors (Lipinski definition) is 10. The molecule has 2 amide bonds. The maximum absolute atomic E-state index is 14.0. The van der Waals surface area contributed by atoms with Gasteiger partial charge < -0.3 is 29.9 Å². The van der Waals surface area contributed by atoms with E-state index in [1.807, 2.05) is 0 Å². The number of rotatable bonds is 15. The third-order valence-corrected chi connectivity index (χ3v) is 9.60. The highest BCUT2D eigenvalue weighted by Gasteiger charge is 2.40. The summed E-state index contributed by atoms with van der Waals surface area (Å²) in [6, 6.07) is 4.23. The van der Waals surface area contributed by atoms with E-state index in [9.17, 15) is 45.5 Å². The molecule has 0 radical (unpaired) electrons. The Balaban J connectivity index is 1.28. The number of anilines is 2. The second kappa shape index (κ2) is 19.0. The van der Waals surface area contributed by atoms with E-state index in [0.717, 1.165) is 12.1 Å². The SMILES string of the molecule is CC(C)(C)OC(=O)CCC(NC(=O)CCCC1CCN(c2cc(N3CC[C@H]3C(=O)NCCc3ccc(C(F)(F)F)cc3)nc(C(F)(F)F)n2)CC1)C(=O)OC(C)(C)C. The minimum Gasteiger partial charge on any atom is -0.460 e. The Kier molecular flexibility index (Phi) is 15.1. The fourth-order valence-electron chi connectivity index (χ4n) is 6.65. The Morgan fingerprint density at radius 1 is 0.810 bits per heavy atom. The molecule has 18 heteroatoms. The number of nitrogens with zero attached hydrogens (tertiary/aromatic N) is 4. The third-order valence-electron chi connectivity index (χ3n) is 9.60. The molecular formula is C40H54F6N6O6. The molecule has 1 aromatic heterocycles. The van der Waals surface area contributed by atoms with Crippen molar-refractivity contribution < 1.29 is 55.0 Å². The summed E-state index contributed by atoms with van der Waals surface area (Å²) in [5.74, 6) is -3.04. The van der Waals surface area contributed by atoms with Crippen LogP contribution < -0.4 is 20.4 Å². The lowest BCUT2D eigenvalue weighted by Crippen LogP contribution is -2.57. The van der Waals surface area contributed by atoms with E-state index in [2.05, 4.69) is 20.6 Å². The fraction of sp³-hybridized carbons (Fsp3) is 0.650. The van der Waals surface area contributed by atoms with Gasteiger partial charge in [-0.05, 0) is 110 Å². The summed E-state index contributed by atoms with van der Waals surface area (Å²) in [5.41, 5.74) is -1.70. The van der Waals surface area contributed by atoms with Crippen LogP contribution in [0.25, 0.3) is 0 Å². The molecule has 0 spiro atoms. The highest BCUT2D eigenvalue weighted by molar-refractivity contribution is 5.87. The number of esters is 2. The number of alkyl halides is 6. The molecule has 2 aliphatic heterocycles. The predicted octanol–water partition coefficient (Wildman–Crippen LogP) is 6.79. The van der Waals surface area contributed by atoms with Crippen LogP contribution in [-0.4, -0.2) is 83.2 Å². The van der Waals surface area contributed by atoms with Crippen LogP contribution in [0.5, 0.6) is 0 Å². The summed E-state index contributed by atoms with van der Waals surface area (Å²) in [5, 5.41) is 5.43. The Bertz CT molecular complexity index is 1730. The number of halogens is 6. The van der Waals surface area contributed by atoms with Gasteiger partial charge in [0.2, 0.25) is 17.6 Å². The minimum absolute atomic E-state index is 0.00904. The van der Waals surface area contributed by atoms with E-state index in [1.165, 1.54) is 23.1 Å². The zero-order chi connectivity index (χ0) is 43.1. The van der Waals surface area contributed by atoms with Crippen LogP contribution >= 0.6 is 0 Å². The number of amides is 2. The summed E-state index contributed by atoms with van der Waals surface area (Å²) >= 11 is 0. The van der Waals surface area contributed by atoms with Crippen LogP contribution in [0.1, 0.15) is 110 Å². The Morgan fingerprint density at radius 3 is 1.98 bits per heavy atom. The number of carbonyl (C=O) groups is 4. The molecule has 2 fully saturated rings. The molecular weight excluding hydrogens is 774 g/mol. The van der Waals surface area contributed by atoms with Crippen LogP contribution in [0, 0.1) is 5.92 Å². The van der Waals surface area contributed by atoms with Gasteiger partial charge in [0.1, 0.15) is 34.9 Å². The maximum Gasteiger partial charge on any atom is 0.451 e. The number of piperidine rings is 1. The number of hydrogen-bond donors (Lipinski definition) is 2. The fourth-order valence-corrected chi connectivity index (χ4v) is 6.65. The number of ether oxygens (including phenoxy) is 2. The maximum atomic E-state index is 14.0. The first-order chi connectivity index (χ1) is 26.9. The second-order valence-corrected chi connectivity index (χ2v) is 16.7. The molecule has 1 unspecified atom stereocenters. The van der Waals surface area contributed by atoms with Gasteiger partial charge in [-0.1, -0.05) is 12.1 Å². The lowest BCUT2D eigenvalue weighted by molar-refractivity contribution is -0.160. The Labute approximate surface area is 334 Å². The molecule has 0 aliphatic carbocycles. The number of nitrogens with one attached hydrogen (secondary N) is 2. The van der Waals surface area contributed by atoms with Crippen LogP contribution in [0.3, 0.4) is 0 Å². The molecule has 322 valence electrons. The molecule has 58 heavy (non-hydrogen) atoms. The molecule has 3 heterocycles. The van der Waals surface area contributed by atoms with Crippen molar-refractivity contribution in [3.8, 4) is 0 Å². The normalized spacial score (nSPS) is 17.3. The first kappa shape index (κ1) is 46.1. The zero-order valence-electron chi connectivity index (χ0n) is 33.8. The van der Waals surface area contributed by atoms with Gasteiger partial charge in [0.25, 0.3) is 0 Å². The van der Waals surface area contributed by atoms with Gasteiger partial charge in [-0.2, -0.15) is 26.3 Å². The van der Waals surface area contributed by atoms with Crippen LogP contribution in [0.15, 0.2) is 30.3 Å². The van der Waals surface area contributed by atoms with E-state index in [-0.39, 0.29) is 55.7 Å². The van der Waals surface area contributed by atoms with E-state index in [4.69, 9.17) is 9.47 Å². The summed E-state index contributed by atoms with van der Waals surface area (Å²) in [6.07, 6.45) is -6.19. The molecule has 4 rings (SSSR count). The summed E-state index contributed by atoms with van der Waals surface area (Å²) in [6.45, 7) is 11.5.